The summed E-state index contributed by atoms with van der Waals surface area (Å²) in [6, 6.07) is 21.2. The first-order valence-electron chi connectivity index (χ1n) is 10.8. The molecule has 0 spiro atoms. The number of aromatic nitrogens is 6. The minimum Gasteiger partial charge on any atom is -0.437 e. The molecule has 0 aliphatic heterocycles. The number of H-pyrrole nitrogens is 1. The van der Waals surface area contributed by atoms with Crippen molar-refractivity contribution < 1.29 is 9.26 Å². The number of hydrogen-bond donors (Lipinski definition) is 2. The molecule has 9 heteroatoms. The highest BCUT2D eigenvalue weighted by Gasteiger charge is 2.20. The van der Waals surface area contributed by atoms with Crippen molar-refractivity contribution in [2.24, 2.45) is 0 Å². The summed E-state index contributed by atoms with van der Waals surface area (Å²) in [7, 11) is 0. The molecule has 3 aromatic heterocycles. The van der Waals surface area contributed by atoms with Crippen molar-refractivity contribution in [1.82, 2.24) is 30.8 Å². The summed E-state index contributed by atoms with van der Waals surface area (Å²) in [6.07, 6.45) is 1.69. The number of rotatable bonds is 6. The molecule has 9 nitrogen and oxygen atoms in total. The number of tetrazole rings is 1. The van der Waals surface area contributed by atoms with Crippen LogP contribution in [0.15, 0.2) is 77.4 Å². The third-order valence-corrected chi connectivity index (χ3v) is 5.24. The van der Waals surface area contributed by atoms with Crippen molar-refractivity contribution >= 4 is 11.6 Å². The van der Waals surface area contributed by atoms with Gasteiger partial charge in [-0.25, -0.2) is 10.1 Å². The van der Waals surface area contributed by atoms with Crippen LogP contribution in [0.2, 0.25) is 0 Å². The molecule has 0 bridgehead atoms. The molecule has 0 aliphatic rings. The van der Waals surface area contributed by atoms with Gasteiger partial charge in [-0.15, -0.1) is 5.10 Å². The van der Waals surface area contributed by atoms with Gasteiger partial charge in [0.2, 0.25) is 11.8 Å². The van der Waals surface area contributed by atoms with Gasteiger partial charge >= 0.3 is 0 Å². The van der Waals surface area contributed by atoms with Gasteiger partial charge in [-0.2, -0.15) is 0 Å². The number of anilines is 2. The van der Waals surface area contributed by atoms with E-state index in [1.807, 2.05) is 60.7 Å². The molecule has 2 N–H and O–H groups in total. The van der Waals surface area contributed by atoms with Gasteiger partial charge in [0.15, 0.2) is 5.82 Å². The highest BCUT2D eigenvalue weighted by molar-refractivity contribution is 5.69. The quantitative estimate of drug-likeness (QED) is 0.334. The van der Waals surface area contributed by atoms with E-state index in [1.54, 1.807) is 6.20 Å². The maximum absolute atomic E-state index is 6.22. The van der Waals surface area contributed by atoms with Gasteiger partial charge in [0.05, 0.1) is 0 Å². The largest absolute Gasteiger partial charge is 0.437 e. The first-order chi connectivity index (χ1) is 16.5. The van der Waals surface area contributed by atoms with Crippen LogP contribution in [0.1, 0.15) is 26.3 Å². The molecular weight excluding hydrogens is 430 g/mol. The van der Waals surface area contributed by atoms with E-state index in [9.17, 15) is 0 Å². The lowest BCUT2D eigenvalue weighted by molar-refractivity contribution is 0.432. The van der Waals surface area contributed by atoms with Crippen LogP contribution in [0.3, 0.4) is 0 Å². The summed E-state index contributed by atoms with van der Waals surface area (Å²) < 4.78 is 11.8. The normalized spacial score (nSPS) is 11.4. The number of aromatic amines is 1. The van der Waals surface area contributed by atoms with Crippen molar-refractivity contribution in [3.8, 4) is 34.3 Å². The van der Waals surface area contributed by atoms with Crippen LogP contribution in [0.25, 0.3) is 22.6 Å². The molecule has 0 amide bonds. The number of nitrogens with zero attached hydrogens (tertiary/aromatic N) is 5. The highest BCUT2D eigenvalue weighted by atomic mass is 16.5. The SMILES string of the molecule is CC(C)(C)c1ccccc1Oc1ncccc1Nc1cc(-c2ccc(-c3nnn[nH]3)cc2)no1. The molecule has 0 aliphatic carbocycles. The third-order valence-electron chi connectivity index (χ3n) is 5.24. The first kappa shape index (κ1) is 21.3. The average molecular weight is 454 g/mol. The van der Waals surface area contributed by atoms with Crippen LogP contribution >= 0.6 is 0 Å². The number of ether oxygens (including phenoxy) is 1. The molecule has 34 heavy (non-hydrogen) atoms. The van der Waals surface area contributed by atoms with Crippen LogP contribution < -0.4 is 10.1 Å². The maximum Gasteiger partial charge on any atom is 0.243 e. The van der Waals surface area contributed by atoms with Gasteiger partial charge in [0.1, 0.15) is 17.1 Å². The van der Waals surface area contributed by atoms with Crippen molar-refractivity contribution in [2.45, 2.75) is 26.2 Å². The Morgan fingerprint density at radius 2 is 1.74 bits per heavy atom. The fourth-order valence-corrected chi connectivity index (χ4v) is 3.53. The van der Waals surface area contributed by atoms with Crippen LogP contribution in [0, 0.1) is 0 Å². The molecule has 5 rings (SSSR count). The smallest absolute Gasteiger partial charge is 0.243 e. The molecule has 0 fully saturated rings. The zero-order chi connectivity index (χ0) is 23.5. The number of pyridine rings is 1. The van der Waals surface area contributed by atoms with Gasteiger partial charge in [-0.05, 0) is 34.0 Å². The molecule has 3 heterocycles. The molecule has 5 aromatic rings. The van der Waals surface area contributed by atoms with E-state index in [0.29, 0.717) is 29.0 Å². The molecule has 0 atom stereocenters. The van der Waals surface area contributed by atoms with Crippen molar-refractivity contribution in [3.05, 3.63) is 78.5 Å². The van der Waals surface area contributed by atoms with E-state index in [4.69, 9.17) is 9.26 Å². The van der Waals surface area contributed by atoms with Gasteiger partial charge in [-0.3, -0.25) is 0 Å². The molecule has 0 radical (unpaired) electrons. The van der Waals surface area contributed by atoms with Crippen LogP contribution in [-0.4, -0.2) is 30.8 Å². The minimum absolute atomic E-state index is 0.0711. The number of hydrogen-bond acceptors (Lipinski definition) is 8. The fourth-order valence-electron chi connectivity index (χ4n) is 3.53. The highest BCUT2D eigenvalue weighted by Crippen LogP contribution is 2.36. The maximum atomic E-state index is 6.22. The molecule has 0 saturated heterocycles. The van der Waals surface area contributed by atoms with E-state index >= 15 is 0 Å². The number of benzene rings is 2. The summed E-state index contributed by atoms with van der Waals surface area (Å²) in [5.41, 5.74) is 4.16. The summed E-state index contributed by atoms with van der Waals surface area (Å²) in [5.74, 6) is 2.28. The lowest BCUT2D eigenvalue weighted by atomic mass is 9.86. The lowest BCUT2D eigenvalue weighted by Gasteiger charge is -2.22. The molecular formula is C25H23N7O2. The Morgan fingerprint density at radius 1 is 0.941 bits per heavy atom. The Morgan fingerprint density at radius 3 is 2.50 bits per heavy atom. The van der Waals surface area contributed by atoms with Gasteiger partial charge < -0.3 is 14.6 Å². The Kier molecular flexibility index (Phi) is 5.51. The zero-order valence-electron chi connectivity index (χ0n) is 19.0. The van der Waals surface area contributed by atoms with Crippen LogP contribution in [0.4, 0.5) is 11.6 Å². The standard InChI is InChI=1S/C25H23N7O2/c1-25(2,3)18-7-4-5-9-21(18)33-24-19(8-6-14-26-24)27-22-15-20(30-34-22)16-10-12-17(13-11-16)23-28-31-32-29-23/h4-15,27H,1-3H3,(H,28,29,31,32). The summed E-state index contributed by atoms with van der Waals surface area (Å²) in [6.45, 7) is 6.45. The van der Waals surface area contributed by atoms with Crippen molar-refractivity contribution in [3.63, 3.8) is 0 Å². The molecule has 0 saturated carbocycles. The molecule has 0 unspecified atom stereocenters. The third kappa shape index (κ3) is 4.49. The summed E-state index contributed by atoms with van der Waals surface area (Å²) in [5, 5.41) is 21.3. The van der Waals surface area contributed by atoms with E-state index in [2.05, 4.69) is 62.9 Å². The van der Waals surface area contributed by atoms with Crippen LogP contribution in [0.5, 0.6) is 11.6 Å². The second kappa shape index (κ2) is 8.78. The first-order valence-corrected chi connectivity index (χ1v) is 10.8. The zero-order valence-corrected chi connectivity index (χ0v) is 19.0. The Balaban J connectivity index is 1.36. The topological polar surface area (TPSA) is 115 Å². The van der Waals surface area contributed by atoms with E-state index in [-0.39, 0.29) is 5.41 Å². The number of para-hydroxylation sites is 1. The average Bonchev–Trinajstić information content (AvgIpc) is 3.53. The van der Waals surface area contributed by atoms with Gasteiger partial charge in [0, 0.05) is 29.0 Å². The Bertz CT molecular complexity index is 1390. The Labute approximate surface area is 196 Å². The van der Waals surface area contributed by atoms with Crippen molar-refractivity contribution in [2.75, 3.05) is 5.32 Å². The summed E-state index contributed by atoms with van der Waals surface area (Å²) in [4.78, 5) is 4.43. The van der Waals surface area contributed by atoms with Crippen molar-refractivity contribution in [1.29, 1.82) is 0 Å². The molecule has 170 valence electrons. The van der Waals surface area contributed by atoms with Gasteiger partial charge in [-0.1, -0.05) is 68.4 Å². The fraction of sp³-hybridized carbons (Fsp3) is 0.160. The second-order valence-corrected chi connectivity index (χ2v) is 8.73. The lowest BCUT2D eigenvalue weighted by Crippen LogP contribution is -2.12. The monoisotopic (exact) mass is 453 g/mol. The predicted molar refractivity (Wildman–Crippen MR) is 128 cm³/mol. The second-order valence-electron chi connectivity index (χ2n) is 8.73. The Hall–Kier alpha value is -4.53. The van der Waals surface area contributed by atoms with Crippen LogP contribution in [-0.2, 0) is 5.41 Å². The van der Waals surface area contributed by atoms with E-state index in [0.717, 1.165) is 22.4 Å². The summed E-state index contributed by atoms with van der Waals surface area (Å²) >= 11 is 0. The number of nitrogens with one attached hydrogen (secondary N) is 2. The van der Waals surface area contributed by atoms with E-state index in [1.165, 1.54) is 0 Å². The molecule has 2 aromatic carbocycles. The minimum atomic E-state index is -0.0711. The predicted octanol–water partition coefficient (Wildman–Crippen LogP) is 5.75. The van der Waals surface area contributed by atoms with E-state index < -0.39 is 0 Å². The van der Waals surface area contributed by atoms with Gasteiger partial charge in [0.25, 0.3) is 0 Å².